The molecule has 1 heterocycles. The van der Waals surface area contributed by atoms with E-state index < -0.39 is 0 Å². The molecular weight excluding hydrogens is 240 g/mol. The lowest BCUT2D eigenvalue weighted by atomic mass is 10.1. The van der Waals surface area contributed by atoms with Crippen molar-refractivity contribution in [1.29, 1.82) is 0 Å². The Labute approximate surface area is 113 Å². The summed E-state index contributed by atoms with van der Waals surface area (Å²) in [5, 5.41) is 0. The molecule has 1 aromatic carbocycles. The first-order valence-electron chi connectivity index (χ1n) is 6.08. The van der Waals surface area contributed by atoms with Crippen molar-refractivity contribution in [2.75, 3.05) is 19.1 Å². The molecule has 0 aliphatic carbocycles. The molecule has 0 unspecified atom stereocenters. The van der Waals surface area contributed by atoms with E-state index in [2.05, 4.69) is 22.1 Å². The molecule has 5 nitrogen and oxygen atoms in total. The number of ether oxygens (including phenoxy) is 1. The van der Waals surface area contributed by atoms with Gasteiger partial charge in [-0.2, -0.15) is 0 Å². The number of hydrogen-bond acceptors (Lipinski definition) is 5. The number of aromatic nitrogens is 2. The molecule has 0 spiro atoms. The van der Waals surface area contributed by atoms with Crippen LogP contribution in [0.25, 0.3) is 0 Å². The van der Waals surface area contributed by atoms with Crippen molar-refractivity contribution in [2.24, 2.45) is 5.73 Å². The summed E-state index contributed by atoms with van der Waals surface area (Å²) >= 11 is 0. The van der Waals surface area contributed by atoms with Gasteiger partial charge >= 0.3 is 0 Å². The number of hydrogen-bond donors (Lipinski definition) is 1. The molecule has 5 heteroatoms. The molecule has 0 atom stereocenters. The Morgan fingerprint density at radius 2 is 2.00 bits per heavy atom. The first kappa shape index (κ1) is 13.3. The first-order valence-corrected chi connectivity index (χ1v) is 6.08. The quantitative estimate of drug-likeness (QED) is 0.882. The van der Waals surface area contributed by atoms with Gasteiger partial charge in [0.05, 0.1) is 7.11 Å². The van der Waals surface area contributed by atoms with Crippen molar-refractivity contribution in [3.8, 4) is 5.88 Å². The summed E-state index contributed by atoms with van der Waals surface area (Å²) < 4.78 is 5.10. The third-order valence-corrected chi connectivity index (χ3v) is 2.87. The number of methoxy groups -OCH3 is 1. The maximum Gasteiger partial charge on any atom is 0.218 e. The zero-order valence-electron chi connectivity index (χ0n) is 11.2. The maximum absolute atomic E-state index is 5.65. The van der Waals surface area contributed by atoms with Crippen LogP contribution in [0, 0.1) is 0 Å². The number of anilines is 1. The molecule has 0 fully saturated rings. The second-order valence-electron chi connectivity index (χ2n) is 4.30. The molecule has 2 aromatic rings. The van der Waals surface area contributed by atoms with E-state index in [0.717, 1.165) is 17.9 Å². The van der Waals surface area contributed by atoms with Gasteiger partial charge in [0.15, 0.2) is 0 Å². The van der Waals surface area contributed by atoms with Crippen LogP contribution in [-0.4, -0.2) is 24.1 Å². The molecule has 0 radical (unpaired) electrons. The molecule has 0 saturated carbocycles. The number of benzene rings is 1. The molecule has 0 amide bonds. The Bertz CT molecular complexity index is 544. The van der Waals surface area contributed by atoms with E-state index >= 15 is 0 Å². The van der Waals surface area contributed by atoms with Crippen LogP contribution in [0.1, 0.15) is 11.1 Å². The molecule has 19 heavy (non-hydrogen) atoms. The Kier molecular flexibility index (Phi) is 4.30. The third-order valence-electron chi connectivity index (χ3n) is 2.87. The van der Waals surface area contributed by atoms with E-state index in [4.69, 9.17) is 10.5 Å². The Balaban J connectivity index is 2.13. The lowest BCUT2D eigenvalue weighted by molar-refractivity contribution is 0.397. The van der Waals surface area contributed by atoms with Gasteiger partial charge in [-0.15, -0.1) is 0 Å². The summed E-state index contributed by atoms with van der Waals surface area (Å²) in [5.41, 5.74) is 7.98. The molecular formula is C14H18N4O. The van der Waals surface area contributed by atoms with Gasteiger partial charge in [0, 0.05) is 26.2 Å². The summed E-state index contributed by atoms with van der Waals surface area (Å²) in [6.45, 7) is 1.31. The molecule has 1 aromatic heterocycles. The van der Waals surface area contributed by atoms with Crippen molar-refractivity contribution in [1.82, 2.24) is 9.97 Å². The second-order valence-corrected chi connectivity index (χ2v) is 4.30. The van der Waals surface area contributed by atoms with Crippen molar-refractivity contribution >= 4 is 5.82 Å². The van der Waals surface area contributed by atoms with Gasteiger partial charge in [-0.05, 0) is 11.1 Å². The normalized spacial score (nSPS) is 10.3. The molecule has 2 rings (SSSR count). The monoisotopic (exact) mass is 258 g/mol. The Morgan fingerprint density at radius 3 is 2.74 bits per heavy atom. The molecule has 0 aliphatic rings. The van der Waals surface area contributed by atoms with E-state index in [9.17, 15) is 0 Å². The minimum Gasteiger partial charge on any atom is -0.481 e. The van der Waals surface area contributed by atoms with Crippen LogP contribution in [-0.2, 0) is 13.1 Å². The summed E-state index contributed by atoms with van der Waals surface area (Å²) in [6, 6.07) is 10.0. The van der Waals surface area contributed by atoms with Crippen molar-refractivity contribution in [3.63, 3.8) is 0 Å². The predicted octanol–water partition coefficient (Wildman–Crippen LogP) is 1.58. The summed E-state index contributed by atoms with van der Waals surface area (Å²) in [6.07, 6.45) is 1.50. The lowest BCUT2D eigenvalue weighted by Gasteiger charge is -2.18. The second kappa shape index (κ2) is 6.15. The smallest absolute Gasteiger partial charge is 0.218 e. The van der Waals surface area contributed by atoms with Crippen molar-refractivity contribution in [3.05, 3.63) is 47.8 Å². The maximum atomic E-state index is 5.65. The summed E-state index contributed by atoms with van der Waals surface area (Å²) in [5.74, 6) is 1.39. The highest BCUT2D eigenvalue weighted by Crippen LogP contribution is 2.16. The van der Waals surface area contributed by atoms with Gasteiger partial charge in [0.25, 0.3) is 0 Å². The van der Waals surface area contributed by atoms with Crippen LogP contribution in [0.15, 0.2) is 36.7 Å². The Hall–Kier alpha value is -2.14. The SMILES string of the molecule is COc1cc(N(C)Cc2cccc(CN)c2)ncn1. The molecule has 100 valence electrons. The Morgan fingerprint density at radius 1 is 1.21 bits per heavy atom. The standard InChI is InChI=1S/C14H18N4O/c1-18(13-7-14(19-2)17-10-16-13)9-12-5-3-4-11(6-12)8-15/h3-7,10H,8-9,15H2,1-2H3. The van der Waals surface area contributed by atoms with E-state index in [0.29, 0.717) is 12.4 Å². The average molecular weight is 258 g/mol. The van der Waals surface area contributed by atoms with Gasteiger partial charge in [-0.3, -0.25) is 0 Å². The van der Waals surface area contributed by atoms with Crippen LogP contribution < -0.4 is 15.4 Å². The zero-order valence-corrected chi connectivity index (χ0v) is 11.2. The van der Waals surface area contributed by atoms with Gasteiger partial charge in [0.1, 0.15) is 12.1 Å². The molecule has 0 saturated heterocycles. The fourth-order valence-corrected chi connectivity index (χ4v) is 1.86. The fraction of sp³-hybridized carbons (Fsp3) is 0.286. The van der Waals surface area contributed by atoms with E-state index in [1.807, 2.05) is 30.1 Å². The molecule has 0 aliphatic heterocycles. The van der Waals surface area contributed by atoms with Crippen LogP contribution in [0.3, 0.4) is 0 Å². The van der Waals surface area contributed by atoms with Gasteiger partial charge in [0.2, 0.25) is 5.88 Å². The highest BCUT2D eigenvalue weighted by atomic mass is 16.5. The first-order chi connectivity index (χ1) is 9.22. The van der Waals surface area contributed by atoms with Crippen LogP contribution in [0.4, 0.5) is 5.82 Å². The molecule has 2 N–H and O–H groups in total. The zero-order chi connectivity index (χ0) is 13.7. The average Bonchev–Trinajstić information content (AvgIpc) is 2.47. The van der Waals surface area contributed by atoms with Crippen molar-refractivity contribution < 1.29 is 4.74 Å². The van der Waals surface area contributed by atoms with Gasteiger partial charge < -0.3 is 15.4 Å². The lowest BCUT2D eigenvalue weighted by Crippen LogP contribution is -2.18. The van der Waals surface area contributed by atoms with E-state index in [1.54, 1.807) is 7.11 Å². The summed E-state index contributed by atoms with van der Waals surface area (Å²) in [4.78, 5) is 10.3. The highest BCUT2D eigenvalue weighted by Gasteiger charge is 2.06. The van der Waals surface area contributed by atoms with Crippen LogP contribution >= 0.6 is 0 Å². The number of nitrogens with zero attached hydrogens (tertiary/aromatic N) is 3. The minimum absolute atomic E-state index is 0.554. The van der Waals surface area contributed by atoms with E-state index in [1.165, 1.54) is 11.9 Å². The highest BCUT2D eigenvalue weighted by molar-refractivity contribution is 5.41. The summed E-state index contributed by atoms with van der Waals surface area (Å²) in [7, 11) is 3.58. The number of nitrogens with two attached hydrogens (primary N) is 1. The molecule has 0 bridgehead atoms. The fourth-order valence-electron chi connectivity index (χ4n) is 1.86. The van der Waals surface area contributed by atoms with Crippen molar-refractivity contribution in [2.45, 2.75) is 13.1 Å². The van der Waals surface area contributed by atoms with E-state index in [-0.39, 0.29) is 0 Å². The predicted molar refractivity (Wildman–Crippen MR) is 75.0 cm³/mol. The largest absolute Gasteiger partial charge is 0.481 e. The minimum atomic E-state index is 0.554. The van der Waals surface area contributed by atoms with Crippen LogP contribution in [0.5, 0.6) is 5.88 Å². The van der Waals surface area contributed by atoms with Gasteiger partial charge in [-0.1, -0.05) is 24.3 Å². The van der Waals surface area contributed by atoms with Gasteiger partial charge in [-0.25, -0.2) is 9.97 Å². The topological polar surface area (TPSA) is 64.3 Å². The third kappa shape index (κ3) is 3.42. The van der Waals surface area contributed by atoms with Crippen LogP contribution in [0.2, 0.25) is 0 Å². The number of rotatable bonds is 5.